The number of non-ortho nitro benzene ring substituents is 1. The zero-order valence-electron chi connectivity index (χ0n) is 10.5. The minimum absolute atomic E-state index is 0.0746. The summed E-state index contributed by atoms with van der Waals surface area (Å²) in [4.78, 5) is 22.3. The molecule has 0 saturated carbocycles. The molecule has 1 amide bonds. The lowest BCUT2D eigenvalue weighted by molar-refractivity contribution is -0.384. The summed E-state index contributed by atoms with van der Waals surface area (Å²) in [6.07, 6.45) is 3.07. The normalized spacial score (nSPS) is 10.1. The number of nitro groups is 1. The van der Waals surface area contributed by atoms with E-state index in [9.17, 15) is 14.9 Å². The molecule has 9 nitrogen and oxygen atoms in total. The minimum Gasteiger partial charge on any atom is -0.323 e. The summed E-state index contributed by atoms with van der Waals surface area (Å²) in [6, 6.07) is 3.78. The van der Waals surface area contributed by atoms with Crippen LogP contribution in [0.4, 0.5) is 17.1 Å². The molecule has 4 N–H and O–H groups in total. The van der Waals surface area contributed by atoms with Crippen LogP contribution in [-0.4, -0.2) is 20.6 Å². The molecule has 104 valence electrons. The van der Waals surface area contributed by atoms with Crippen LogP contribution in [-0.2, 0) is 7.05 Å². The van der Waals surface area contributed by atoms with Gasteiger partial charge in [0, 0.05) is 25.4 Å². The predicted octanol–water partition coefficient (Wildman–Crippen LogP) is 0.866. The highest BCUT2D eigenvalue weighted by Gasteiger charge is 2.17. The summed E-state index contributed by atoms with van der Waals surface area (Å²) in [5, 5.41) is 17.2. The van der Waals surface area contributed by atoms with Crippen LogP contribution in [0, 0.1) is 10.1 Å². The maximum absolute atomic E-state index is 12.1. The second-order valence-corrected chi connectivity index (χ2v) is 3.99. The molecule has 0 aliphatic carbocycles. The smallest absolute Gasteiger partial charge is 0.270 e. The Balaban J connectivity index is 2.32. The first-order chi connectivity index (χ1) is 9.51. The van der Waals surface area contributed by atoms with Crippen LogP contribution >= 0.6 is 0 Å². The molecule has 0 atom stereocenters. The Kier molecular flexibility index (Phi) is 3.62. The van der Waals surface area contributed by atoms with Crippen LogP contribution in [0.15, 0.2) is 30.6 Å². The Hall–Kier alpha value is -2.94. The molecule has 0 aliphatic heterocycles. The maximum Gasteiger partial charge on any atom is 0.270 e. The fraction of sp³-hybridized carbons (Fsp3) is 0.0909. The molecule has 0 unspecified atom stereocenters. The number of hydrogen-bond acceptors (Lipinski definition) is 6. The van der Waals surface area contributed by atoms with E-state index in [2.05, 4.69) is 15.8 Å². The van der Waals surface area contributed by atoms with Gasteiger partial charge in [-0.3, -0.25) is 25.4 Å². The Morgan fingerprint density at radius 2 is 2.25 bits per heavy atom. The third-order valence-electron chi connectivity index (χ3n) is 2.58. The van der Waals surface area contributed by atoms with E-state index in [0.717, 1.165) is 6.07 Å². The molecular formula is C11H12N6O3. The fourth-order valence-electron chi connectivity index (χ4n) is 1.64. The van der Waals surface area contributed by atoms with Gasteiger partial charge in [-0.2, -0.15) is 5.10 Å². The predicted molar refractivity (Wildman–Crippen MR) is 72.1 cm³/mol. The molecular weight excluding hydrogens is 264 g/mol. The van der Waals surface area contributed by atoms with Gasteiger partial charge in [0.15, 0.2) is 0 Å². The number of nitrogens with zero attached hydrogens (tertiary/aromatic N) is 3. The number of aromatic nitrogens is 2. The van der Waals surface area contributed by atoms with Crippen molar-refractivity contribution in [2.45, 2.75) is 0 Å². The van der Waals surface area contributed by atoms with Crippen molar-refractivity contribution in [3.8, 4) is 0 Å². The van der Waals surface area contributed by atoms with Gasteiger partial charge in [0.25, 0.3) is 11.6 Å². The van der Waals surface area contributed by atoms with Gasteiger partial charge in [-0.25, -0.2) is 0 Å². The summed E-state index contributed by atoms with van der Waals surface area (Å²) >= 11 is 0. The van der Waals surface area contributed by atoms with E-state index in [0.29, 0.717) is 5.69 Å². The summed E-state index contributed by atoms with van der Waals surface area (Å²) in [6.45, 7) is 0. The number of hydrogen-bond donors (Lipinski definition) is 3. The highest BCUT2D eigenvalue weighted by molar-refractivity contribution is 6.08. The number of amides is 1. The van der Waals surface area contributed by atoms with Crippen LogP contribution in [0.2, 0.25) is 0 Å². The van der Waals surface area contributed by atoms with E-state index in [1.54, 1.807) is 13.2 Å². The summed E-state index contributed by atoms with van der Waals surface area (Å²) in [7, 11) is 1.70. The van der Waals surface area contributed by atoms with E-state index >= 15 is 0 Å². The fourth-order valence-corrected chi connectivity index (χ4v) is 1.64. The number of carbonyl (C=O) groups is 1. The third-order valence-corrected chi connectivity index (χ3v) is 2.58. The molecule has 2 rings (SSSR count). The van der Waals surface area contributed by atoms with E-state index in [4.69, 9.17) is 5.84 Å². The number of rotatable bonds is 4. The second-order valence-electron chi connectivity index (χ2n) is 3.99. The number of nitrogens with one attached hydrogen (secondary N) is 2. The molecule has 20 heavy (non-hydrogen) atoms. The van der Waals surface area contributed by atoms with E-state index < -0.39 is 10.8 Å². The van der Waals surface area contributed by atoms with Crippen molar-refractivity contribution in [3.63, 3.8) is 0 Å². The molecule has 0 bridgehead atoms. The topological polar surface area (TPSA) is 128 Å². The molecule has 0 aliphatic rings. The Labute approximate surface area is 113 Å². The standard InChI is InChI=1S/C11H12N6O3/c1-16-6-7(5-13-16)14-11(18)9-4-8(17(19)20)2-3-10(9)15-12/h2-6,15H,12H2,1H3,(H,14,18). The first-order valence-corrected chi connectivity index (χ1v) is 5.56. The number of carbonyl (C=O) groups excluding carboxylic acids is 1. The van der Waals surface area contributed by atoms with Gasteiger partial charge in [-0.05, 0) is 6.07 Å². The van der Waals surface area contributed by atoms with Crippen molar-refractivity contribution >= 4 is 23.0 Å². The average Bonchev–Trinajstić information content (AvgIpc) is 2.83. The highest BCUT2D eigenvalue weighted by atomic mass is 16.6. The highest BCUT2D eigenvalue weighted by Crippen LogP contribution is 2.22. The van der Waals surface area contributed by atoms with Crippen molar-refractivity contribution in [1.82, 2.24) is 9.78 Å². The maximum atomic E-state index is 12.1. The largest absolute Gasteiger partial charge is 0.323 e. The van der Waals surface area contributed by atoms with Crippen LogP contribution in [0.5, 0.6) is 0 Å². The lowest BCUT2D eigenvalue weighted by atomic mass is 10.1. The van der Waals surface area contributed by atoms with Gasteiger partial charge < -0.3 is 10.7 Å². The molecule has 0 fully saturated rings. The van der Waals surface area contributed by atoms with Crippen molar-refractivity contribution in [2.75, 3.05) is 10.7 Å². The molecule has 0 saturated heterocycles. The summed E-state index contributed by atoms with van der Waals surface area (Å²) in [5.74, 6) is 4.78. The second kappa shape index (κ2) is 5.36. The molecule has 2 aromatic rings. The molecule has 1 aromatic carbocycles. The Morgan fingerprint density at radius 1 is 1.50 bits per heavy atom. The number of anilines is 2. The van der Waals surface area contributed by atoms with Gasteiger partial charge in [0.1, 0.15) is 0 Å². The SMILES string of the molecule is Cn1cc(NC(=O)c2cc([N+](=O)[O-])ccc2NN)cn1. The van der Waals surface area contributed by atoms with Crippen LogP contribution < -0.4 is 16.6 Å². The van der Waals surface area contributed by atoms with E-state index in [1.807, 2.05) is 0 Å². The van der Waals surface area contributed by atoms with Crippen molar-refractivity contribution in [3.05, 3.63) is 46.3 Å². The van der Waals surface area contributed by atoms with Gasteiger partial charge in [0.2, 0.25) is 0 Å². The van der Waals surface area contributed by atoms with Crippen molar-refractivity contribution in [1.29, 1.82) is 0 Å². The summed E-state index contributed by atoms with van der Waals surface area (Å²) < 4.78 is 1.52. The van der Waals surface area contributed by atoms with Gasteiger partial charge in [-0.15, -0.1) is 0 Å². The number of benzene rings is 1. The van der Waals surface area contributed by atoms with Crippen molar-refractivity contribution < 1.29 is 9.72 Å². The lowest BCUT2D eigenvalue weighted by Crippen LogP contribution is -2.17. The first-order valence-electron chi connectivity index (χ1n) is 5.56. The van der Waals surface area contributed by atoms with Gasteiger partial charge in [-0.1, -0.05) is 0 Å². The summed E-state index contributed by atoms with van der Waals surface area (Å²) in [5.41, 5.74) is 2.98. The molecule has 1 heterocycles. The first kappa shape index (κ1) is 13.5. The quantitative estimate of drug-likeness (QED) is 0.431. The minimum atomic E-state index is -0.582. The van der Waals surface area contributed by atoms with Crippen LogP contribution in [0.25, 0.3) is 0 Å². The third kappa shape index (κ3) is 2.72. The number of nitro benzene ring substituents is 1. The molecule has 0 spiro atoms. The Bertz CT molecular complexity index is 666. The molecule has 9 heteroatoms. The van der Waals surface area contributed by atoms with Gasteiger partial charge >= 0.3 is 0 Å². The van der Waals surface area contributed by atoms with E-state index in [1.165, 1.54) is 23.0 Å². The van der Waals surface area contributed by atoms with Crippen LogP contribution in [0.1, 0.15) is 10.4 Å². The number of hydrazine groups is 1. The van der Waals surface area contributed by atoms with Gasteiger partial charge in [0.05, 0.1) is 28.1 Å². The zero-order chi connectivity index (χ0) is 14.7. The molecule has 1 aromatic heterocycles. The number of nitrogens with two attached hydrogens (primary N) is 1. The molecule has 0 radical (unpaired) electrons. The Morgan fingerprint density at radius 3 is 2.80 bits per heavy atom. The van der Waals surface area contributed by atoms with Crippen molar-refractivity contribution in [2.24, 2.45) is 12.9 Å². The zero-order valence-corrected chi connectivity index (χ0v) is 10.5. The number of aryl methyl sites for hydroxylation is 1. The number of nitrogen functional groups attached to an aromatic ring is 1. The monoisotopic (exact) mass is 276 g/mol. The van der Waals surface area contributed by atoms with Crippen LogP contribution in [0.3, 0.4) is 0 Å². The average molecular weight is 276 g/mol. The van der Waals surface area contributed by atoms with E-state index in [-0.39, 0.29) is 16.9 Å². The lowest BCUT2D eigenvalue weighted by Gasteiger charge is -2.08.